The van der Waals surface area contributed by atoms with Gasteiger partial charge in [0.2, 0.25) is 0 Å². The molecule has 0 saturated carbocycles. The van der Waals surface area contributed by atoms with Crippen molar-refractivity contribution in [3.8, 4) is 0 Å². The highest BCUT2D eigenvalue weighted by atomic mass is 32.2. The fraction of sp³-hybridized carbons (Fsp3) is 0.917. The largest absolute Gasteiger partial charge is 0.443 e. The lowest BCUT2D eigenvalue weighted by molar-refractivity contribution is 0.0246. The van der Waals surface area contributed by atoms with Crippen LogP contribution in [-0.2, 0) is 19.2 Å². The van der Waals surface area contributed by atoms with Gasteiger partial charge in [-0.2, -0.15) is 12.7 Å². The van der Waals surface area contributed by atoms with Gasteiger partial charge in [0.15, 0.2) is 0 Å². The first kappa shape index (κ1) is 16.2. The van der Waals surface area contributed by atoms with Crippen LogP contribution in [0.5, 0.6) is 0 Å². The van der Waals surface area contributed by atoms with Crippen LogP contribution in [0.15, 0.2) is 0 Å². The van der Waals surface area contributed by atoms with Crippen molar-refractivity contribution < 1.29 is 22.1 Å². The molecule has 0 N–H and O–H groups in total. The molecule has 0 aromatic rings. The summed E-state index contributed by atoms with van der Waals surface area (Å²) < 4.78 is 34.5. The monoisotopic (exact) mass is 293 g/mol. The molecule has 1 amide bonds. The zero-order valence-electron chi connectivity index (χ0n) is 12.4. The molecule has 1 unspecified atom stereocenters. The fourth-order valence-corrected chi connectivity index (χ4v) is 3.61. The summed E-state index contributed by atoms with van der Waals surface area (Å²) in [5, 5.41) is 0. The summed E-state index contributed by atoms with van der Waals surface area (Å²) in [7, 11) is -4.05. The zero-order valence-corrected chi connectivity index (χ0v) is 13.2. The summed E-state index contributed by atoms with van der Waals surface area (Å²) >= 11 is 0. The molecule has 0 spiro atoms. The van der Waals surface area contributed by atoms with E-state index in [0.717, 1.165) is 4.31 Å². The van der Waals surface area contributed by atoms with E-state index >= 15 is 0 Å². The Hall–Kier alpha value is -0.820. The van der Waals surface area contributed by atoms with E-state index in [4.69, 9.17) is 8.92 Å². The van der Waals surface area contributed by atoms with Gasteiger partial charge in [0.25, 0.3) is 0 Å². The predicted octanol–water partition coefficient (Wildman–Crippen LogP) is 2.30. The third-order valence-electron chi connectivity index (χ3n) is 2.64. The molecule has 6 nitrogen and oxygen atoms in total. The summed E-state index contributed by atoms with van der Waals surface area (Å²) in [6.07, 6.45) is -0.362. The second kappa shape index (κ2) is 4.94. The third-order valence-corrected chi connectivity index (χ3v) is 4.09. The topological polar surface area (TPSA) is 72.9 Å². The SMILES string of the molecule is CC(C)CC1(C)COS(=O)(=O)N1C(=O)OC(C)(C)C. The maximum absolute atomic E-state index is 12.1. The average Bonchev–Trinajstić information content (AvgIpc) is 2.32. The second-order valence-electron chi connectivity index (χ2n) is 6.56. The van der Waals surface area contributed by atoms with Crippen molar-refractivity contribution >= 4 is 16.4 Å². The molecule has 0 aromatic heterocycles. The Morgan fingerprint density at radius 3 is 2.37 bits per heavy atom. The Kier molecular flexibility index (Phi) is 4.22. The molecule has 0 aromatic carbocycles. The van der Waals surface area contributed by atoms with E-state index in [-0.39, 0.29) is 12.5 Å². The molecule has 7 heteroatoms. The number of hydrogen-bond acceptors (Lipinski definition) is 5. The lowest BCUT2D eigenvalue weighted by Gasteiger charge is -2.33. The van der Waals surface area contributed by atoms with Gasteiger partial charge in [-0.15, -0.1) is 0 Å². The van der Waals surface area contributed by atoms with E-state index in [1.54, 1.807) is 27.7 Å². The van der Waals surface area contributed by atoms with E-state index in [0.29, 0.717) is 6.42 Å². The number of carbonyl (C=O) groups is 1. The Balaban J connectivity index is 3.06. The van der Waals surface area contributed by atoms with Crippen LogP contribution < -0.4 is 0 Å². The van der Waals surface area contributed by atoms with Crippen molar-refractivity contribution in [2.75, 3.05) is 6.61 Å². The van der Waals surface area contributed by atoms with E-state index in [2.05, 4.69) is 0 Å². The summed E-state index contributed by atoms with van der Waals surface area (Å²) in [6, 6.07) is 0. The zero-order chi connectivity index (χ0) is 15.1. The predicted molar refractivity (Wildman–Crippen MR) is 70.8 cm³/mol. The number of hydrogen-bond donors (Lipinski definition) is 0. The maximum atomic E-state index is 12.1. The molecule has 1 heterocycles. The first-order chi connectivity index (χ1) is 8.37. The van der Waals surface area contributed by atoms with Crippen molar-refractivity contribution in [2.24, 2.45) is 5.92 Å². The van der Waals surface area contributed by atoms with Crippen molar-refractivity contribution in [3.05, 3.63) is 0 Å². The average molecular weight is 293 g/mol. The molecule has 1 rings (SSSR count). The van der Waals surface area contributed by atoms with Crippen LogP contribution in [0.1, 0.15) is 48.0 Å². The van der Waals surface area contributed by atoms with Gasteiger partial charge in [0.1, 0.15) is 5.60 Å². The van der Waals surface area contributed by atoms with Crippen LogP contribution in [0.2, 0.25) is 0 Å². The standard InChI is InChI=1S/C12H23NO5S/c1-9(2)7-12(6)8-17-19(15,16)13(12)10(14)18-11(3,4)5/h9H,7-8H2,1-6H3. The molecular weight excluding hydrogens is 270 g/mol. The number of amides is 1. The number of carbonyl (C=O) groups excluding carboxylic acids is 1. The normalized spacial score (nSPS) is 26.8. The van der Waals surface area contributed by atoms with Gasteiger partial charge in [-0.25, -0.2) is 4.79 Å². The van der Waals surface area contributed by atoms with Crippen molar-refractivity contribution in [1.82, 2.24) is 4.31 Å². The highest BCUT2D eigenvalue weighted by Gasteiger charge is 2.52. The minimum atomic E-state index is -4.05. The van der Waals surface area contributed by atoms with Gasteiger partial charge in [-0.05, 0) is 40.0 Å². The molecule has 0 bridgehead atoms. The van der Waals surface area contributed by atoms with Crippen LogP contribution in [0.3, 0.4) is 0 Å². The van der Waals surface area contributed by atoms with E-state index < -0.39 is 27.5 Å². The van der Waals surface area contributed by atoms with Gasteiger partial charge in [0.05, 0.1) is 12.1 Å². The van der Waals surface area contributed by atoms with Gasteiger partial charge >= 0.3 is 16.4 Å². The van der Waals surface area contributed by atoms with Crippen LogP contribution in [-0.4, -0.2) is 36.6 Å². The Bertz CT molecular complexity index is 451. The summed E-state index contributed by atoms with van der Waals surface area (Å²) in [5.41, 5.74) is -1.65. The van der Waals surface area contributed by atoms with E-state index in [1.165, 1.54) is 0 Å². The quantitative estimate of drug-likeness (QED) is 0.781. The van der Waals surface area contributed by atoms with Crippen LogP contribution in [0, 0.1) is 5.92 Å². The van der Waals surface area contributed by atoms with E-state index in [9.17, 15) is 13.2 Å². The minimum Gasteiger partial charge on any atom is -0.443 e. The second-order valence-corrected chi connectivity index (χ2v) is 8.02. The molecule has 1 aliphatic heterocycles. The summed E-state index contributed by atoms with van der Waals surface area (Å²) in [4.78, 5) is 12.1. The van der Waals surface area contributed by atoms with Gasteiger partial charge < -0.3 is 4.74 Å². The molecule has 1 atom stereocenters. The smallest absolute Gasteiger partial charge is 0.426 e. The van der Waals surface area contributed by atoms with Crippen LogP contribution in [0.4, 0.5) is 4.79 Å². The molecular formula is C12H23NO5S. The van der Waals surface area contributed by atoms with Gasteiger partial charge in [0, 0.05) is 0 Å². The van der Waals surface area contributed by atoms with Gasteiger partial charge in [-0.1, -0.05) is 13.8 Å². The van der Waals surface area contributed by atoms with E-state index in [1.807, 2.05) is 13.8 Å². The third kappa shape index (κ3) is 3.82. The first-order valence-corrected chi connectivity index (χ1v) is 7.67. The molecule has 19 heavy (non-hydrogen) atoms. The van der Waals surface area contributed by atoms with Crippen molar-refractivity contribution in [1.29, 1.82) is 0 Å². The highest BCUT2D eigenvalue weighted by molar-refractivity contribution is 7.85. The maximum Gasteiger partial charge on any atom is 0.426 e. The van der Waals surface area contributed by atoms with Crippen molar-refractivity contribution in [3.63, 3.8) is 0 Å². The Morgan fingerprint density at radius 1 is 1.42 bits per heavy atom. The Morgan fingerprint density at radius 2 is 1.95 bits per heavy atom. The Labute approximate surface area is 115 Å². The minimum absolute atomic E-state index is 0.0350. The lowest BCUT2D eigenvalue weighted by atomic mass is 9.92. The summed E-state index contributed by atoms with van der Waals surface area (Å²) in [6.45, 7) is 10.7. The van der Waals surface area contributed by atoms with Crippen molar-refractivity contribution in [2.45, 2.75) is 59.1 Å². The molecule has 0 aliphatic carbocycles. The molecule has 1 aliphatic rings. The number of nitrogens with zero attached hydrogens (tertiary/aromatic N) is 1. The lowest BCUT2D eigenvalue weighted by Crippen LogP contribution is -2.50. The van der Waals surface area contributed by atoms with Crippen LogP contribution >= 0.6 is 0 Å². The fourth-order valence-electron chi connectivity index (χ4n) is 2.22. The highest BCUT2D eigenvalue weighted by Crippen LogP contribution is 2.35. The summed E-state index contributed by atoms with van der Waals surface area (Å²) in [5.74, 6) is 0.229. The molecule has 1 fully saturated rings. The number of ether oxygens (including phenoxy) is 1. The molecule has 0 radical (unpaired) electrons. The van der Waals surface area contributed by atoms with Gasteiger partial charge in [-0.3, -0.25) is 4.18 Å². The number of rotatable bonds is 2. The first-order valence-electron chi connectivity index (χ1n) is 6.30. The van der Waals surface area contributed by atoms with Crippen LogP contribution in [0.25, 0.3) is 0 Å². The molecule has 1 saturated heterocycles. The molecule has 112 valence electrons.